The first-order valence-corrected chi connectivity index (χ1v) is 23.2. The van der Waals surface area contributed by atoms with Gasteiger partial charge < -0.3 is 14.5 Å². The number of carbonyl (C=O) groups excluding carboxylic acids is 2. The van der Waals surface area contributed by atoms with Gasteiger partial charge >= 0.3 is 5.97 Å². The molecule has 0 bridgehead atoms. The quantitative estimate of drug-likeness (QED) is 0.0357. The maximum atomic E-state index is 13.8. The summed E-state index contributed by atoms with van der Waals surface area (Å²) in [5, 5.41) is 0. The van der Waals surface area contributed by atoms with E-state index in [9.17, 15) is 9.59 Å². The van der Waals surface area contributed by atoms with Gasteiger partial charge in [0.25, 0.3) is 0 Å². The first-order valence-electron chi connectivity index (χ1n) is 23.2. The lowest BCUT2D eigenvalue weighted by Crippen LogP contribution is -2.41. The third-order valence-corrected chi connectivity index (χ3v) is 11.0. The molecule has 0 aliphatic carbocycles. The molecular weight excluding hydrogens is 641 g/mol. The highest BCUT2D eigenvalue weighted by molar-refractivity contribution is 5.81. The molecule has 1 amide bonds. The molecule has 0 fully saturated rings. The monoisotopic (exact) mass is 733 g/mol. The zero-order valence-electron chi connectivity index (χ0n) is 36.2. The number of nitrogens with zero attached hydrogens (tertiary/aromatic N) is 2. The van der Waals surface area contributed by atoms with Crippen LogP contribution in [0.4, 0.5) is 0 Å². The van der Waals surface area contributed by atoms with Gasteiger partial charge in [0.05, 0.1) is 6.61 Å². The predicted molar refractivity (Wildman–Crippen MR) is 228 cm³/mol. The summed E-state index contributed by atoms with van der Waals surface area (Å²) in [6.45, 7) is 11.5. The molecule has 5 nitrogen and oxygen atoms in total. The lowest BCUT2D eigenvalue weighted by Gasteiger charge is -2.33. The van der Waals surface area contributed by atoms with Crippen LogP contribution in [0.15, 0.2) is 12.2 Å². The number of unbranched alkanes of at least 4 members (excludes halogenated alkanes) is 20. The number of carbonyl (C=O) groups is 2. The fraction of sp³-hybridized carbons (Fsp3) is 0.915. The largest absolute Gasteiger partial charge is 0.463 e. The molecule has 0 aliphatic heterocycles. The maximum Gasteiger partial charge on any atom is 0.330 e. The van der Waals surface area contributed by atoms with E-state index < -0.39 is 0 Å². The normalized spacial score (nSPS) is 12.4. The van der Waals surface area contributed by atoms with E-state index in [1.54, 1.807) is 6.08 Å². The Morgan fingerprint density at radius 1 is 0.519 bits per heavy atom. The Morgan fingerprint density at radius 2 is 0.981 bits per heavy atom. The minimum absolute atomic E-state index is 0.187. The van der Waals surface area contributed by atoms with E-state index in [2.05, 4.69) is 51.6 Å². The summed E-state index contributed by atoms with van der Waals surface area (Å²) in [6.07, 6.45) is 42.7. The molecule has 52 heavy (non-hydrogen) atoms. The van der Waals surface area contributed by atoms with Crippen LogP contribution in [-0.4, -0.2) is 61.5 Å². The second kappa shape index (κ2) is 39.3. The molecule has 0 heterocycles. The number of allylic oxidation sites excluding steroid dienone is 1. The Labute approximate surface area is 326 Å². The van der Waals surface area contributed by atoms with Gasteiger partial charge in [-0.2, -0.15) is 0 Å². The molecule has 308 valence electrons. The van der Waals surface area contributed by atoms with Crippen LogP contribution in [0.2, 0.25) is 0 Å². The van der Waals surface area contributed by atoms with Crippen molar-refractivity contribution in [2.45, 2.75) is 239 Å². The zero-order valence-corrected chi connectivity index (χ0v) is 36.2. The standard InChI is InChI=1S/C47H92N2O3/c1-7-11-15-17-19-21-23-29-36-45(49(46(50)38-33-41-48(5)6)42-32-26-22-20-18-16-12-8-2)37-30-24-25-31-39-47(51)52-43-40-44(34-27-13-9-3)35-28-14-10-4/h31,39,44-45H,7-30,32-38,40-43H2,1-6H3. The summed E-state index contributed by atoms with van der Waals surface area (Å²) >= 11 is 0. The summed E-state index contributed by atoms with van der Waals surface area (Å²) in [6, 6.07) is 0.341. The smallest absolute Gasteiger partial charge is 0.330 e. The average molecular weight is 733 g/mol. The number of esters is 1. The van der Waals surface area contributed by atoms with Crippen molar-refractivity contribution in [3.8, 4) is 0 Å². The third-order valence-electron chi connectivity index (χ3n) is 11.0. The number of hydrogen-bond donors (Lipinski definition) is 0. The van der Waals surface area contributed by atoms with Crippen LogP contribution in [0.3, 0.4) is 0 Å². The molecule has 1 unspecified atom stereocenters. The van der Waals surface area contributed by atoms with Crippen LogP contribution in [0.5, 0.6) is 0 Å². The molecule has 0 rings (SSSR count). The predicted octanol–water partition coefficient (Wildman–Crippen LogP) is 14.0. The average Bonchev–Trinajstić information content (AvgIpc) is 3.12. The van der Waals surface area contributed by atoms with E-state index in [-0.39, 0.29) is 5.97 Å². The van der Waals surface area contributed by atoms with Crippen molar-refractivity contribution >= 4 is 11.9 Å². The molecule has 0 aromatic carbocycles. The molecule has 0 aromatic rings. The Hall–Kier alpha value is -1.36. The molecule has 0 radical (unpaired) electrons. The van der Waals surface area contributed by atoms with E-state index in [4.69, 9.17) is 4.74 Å². The number of rotatable bonds is 40. The summed E-state index contributed by atoms with van der Waals surface area (Å²) < 4.78 is 5.63. The maximum absolute atomic E-state index is 13.8. The Morgan fingerprint density at radius 3 is 1.52 bits per heavy atom. The minimum Gasteiger partial charge on any atom is -0.463 e. The Kier molecular flexibility index (Phi) is 38.3. The van der Waals surface area contributed by atoms with Crippen molar-refractivity contribution in [1.82, 2.24) is 9.80 Å². The fourth-order valence-electron chi connectivity index (χ4n) is 7.58. The molecule has 0 N–H and O–H groups in total. The molecule has 0 saturated heterocycles. The highest BCUT2D eigenvalue weighted by Crippen LogP contribution is 2.23. The van der Waals surface area contributed by atoms with Crippen molar-refractivity contribution in [1.29, 1.82) is 0 Å². The van der Waals surface area contributed by atoms with Crippen LogP contribution in [0, 0.1) is 5.92 Å². The SMILES string of the molecule is CCCCCCCCCCC(CCCCC=CC(=O)OCCC(CCCCC)CCCCC)N(CCCCCCCCCC)C(=O)CCCN(C)C. The van der Waals surface area contributed by atoms with Crippen LogP contribution < -0.4 is 0 Å². The Bertz CT molecular complexity index is 788. The van der Waals surface area contributed by atoms with E-state index >= 15 is 0 Å². The number of hydrogen-bond acceptors (Lipinski definition) is 4. The zero-order chi connectivity index (χ0) is 38.3. The van der Waals surface area contributed by atoms with E-state index in [1.807, 2.05) is 6.08 Å². The van der Waals surface area contributed by atoms with E-state index in [0.29, 0.717) is 30.9 Å². The Balaban J connectivity index is 5.06. The van der Waals surface area contributed by atoms with Crippen LogP contribution in [-0.2, 0) is 14.3 Å². The highest BCUT2D eigenvalue weighted by Gasteiger charge is 2.22. The summed E-state index contributed by atoms with van der Waals surface area (Å²) in [7, 11) is 4.20. The van der Waals surface area contributed by atoms with Crippen LogP contribution in [0.1, 0.15) is 233 Å². The number of ether oxygens (including phenoxy) is 1. The van der Waals surface area contributed by atoms with Crippen LogP contribution >= 0.6 is 0 Å². The molecule has 0 aliphatic rings. The van der Waals surface area contributed by atoms with Gasteiger partial charge in [-0.15, -0.1) is 0 Å². The highest BCUT2D eigenvalue weighted by atomic mass is 16.5. The first kappa shape index (κ1) is 50.6. The number of amides is 1. The summed E-state index contributed by atoms with van der Waals surface area (Å²) in [5.41, 5.74) is 0. The van der Waals surface area contributed by atoms with E-state index in [0.717, 1.165) is 64.5 Å². The molecule has 5 heteroatoms. The van der Waals surface area contributed by atoms with Crippen LogP contribution in [0.25, 0.3) is 0 Å². The van der Waals surface area contributed by atoms with Gasteiger partial charge in [-0.25, -0.2) is 4.79 Å². The van der Waals surface area contributed by atoms with Crippen molar-refractivity contribution in [2.24, 2.45) is 5.92 Å². The van der Waals surface area contributed by atoms with Crippen molar-refractivity contribution in [2.75, 3.05) is 33.8 Å². The van der Waals surface area contributed by atoms with Gasteiger partial charge in [-0.05, 0) is 71.5 Å². The van der Waals surface area contributed by atoms with E-state index in [1.165, 1.54) is 148 Å². The lowest BCUT2D eigenvalue weighted by molar-refractivity contribution is -0.138. The second-order valence-corrected chi connectivity index (χ2v) is 16.4. The molecular formula is C47H92N2O3. The molecule has 0 spiro atoms. The molecule has 0 saturated carbocycles. The van der Waals surface area contributed by atoms with Gasteiger partial charge in [0, 0.05) is 25.1 Å². The summed E-state index contributed by atoms with van der Waals surface area (Å²) in [4.78, 5) is 30.7. The molecule has 0 aromatic heterocycles. The van der Waals surface area contributed by atoms with Crippen molar-refractivity contribution < 1.29 is 14.3 Å². The lowest BCUT2D eigenvalue weighted by atomic mass is 9.92. The third kappa shape index (κ3) is 33.2. The van der Waals surface area contributed by atoms with Gasteiger partial charge in [0.1, 0.15) is 0 Å². The van der Waals surface area contributed by atoms with Gasteiger partial charge in [-0.3, -0.25) is 4.79 Å². The summed E-state index contributed by atoms with van der Waals surface area (Å²) in [5.74, 6) is 0.867. The van der Waals surface area contributed by atoms with Gasteiger partial charge in [0.15, 0.2) is 0 Å². The van der Waals surface area contributed by atoms with Crippen molar-refractivity contribution in [3.63, 3.8) is 0 Å². The first-order chi connectivity index (χ1) is 25.4. The minimum atomic E-state index is -0.187. The molecule has 1 atom stereocenters. The second-order valence-electron chi connectivity index (χ2n) is 16.4. The van der Waals surface area contributed by atoms with Gasteiger partial charge in [-0.1, -0.05) is 188 Å². The van der Waals surface area contributed by atoms with Gasteiger partial charge in [0.2, 0.25) is 5.91 Å². The topological polar surface area (TPSA) is 49.9 Å². The fourth-order valence-corrected chi connectivity index (χ4v) is 7.58. The van der Waals surface area contributed by atoms with Crippen molar-refractivity contribution in [3.05, 3.63) is 12.2 Å².